The topological polar surface area (TPSA) is 84.1 Å². The molecule has 1 aliphatic rings. The summed E-state index contributed by atoms with van der Waals surface area (Å²) in [5.41, 5.74) is 3.66. The van der Waals surface area contributed by atoms with Crippen LogP contribution in [0.1, 0.15) is 34.9 Å². The quantitative estimate of drug-likeness (QED) is 0.499. The summed E-state index contributed by atoms with van der Waals surface area (Å²) in [4.78, 5) is 21.0. The van der Waals surface area contributed by atoms with Gasteiger partial charge in [-0.2, -0.15) is 0 Å². The number of aromatic nitrogens is 2. The standard InChI is InChI=1S/C10H14N2.C6H7N3O/c1-12-7-3-5-10(12)9-4-2-6-11-8-9;7-9-6(10)5-3-1-2-4-8-5/h2,4,6,8,10H,3,5,7H2,1H3;1-4H,7H2,(H,9,10)/t10-;/m0./s1. The van der Waals surface area contributed by atoms with E-state index < -0.39 is 0 Å². The largest absolute Gasteiger partial charge is 0.299 e. The van der Waals surface area contributed by atoms with Crippen molar-refractivity contribution < 1.29 is 4.79 Å². The van der Waals surface area contributed by atoms with Crippen molar-refractivity contribution in [2.24, 2.45) is 5.84 Å². The fourth-order valence-electron chi connectivity index (χ4n) is 2.48. The van der Waals surface area contributed by atoms with E-state index in [2.05, 4.69) is 28.0 Å². The molecule has 1 amide bonds. The maximum Gasteiger partial charge on any atom is 0.283 e. The highest BCUT2D eigenvalue weighted by molar-refractivity contribution is 5.91. The zero-order valence-corrected chi connectivity index (χ0v) is 12.6. The summed E-state index contributed by atoms with van der Waals surface area (Å²) in [5.74, 6) is 4.49. The predicted molar refractivity (Wildman–Crippen MR) is 84.7 cm³/mol. The first-order chi connectivity index (χ1) is 10.7. The third-order valence-corrected chi connectivity index (χ3v) is 3.62. The fourth-order valence-corrected chi connectivity index (χ4v) is 2.48. The van der Waals surface area contributed by atoms with Crippen LogP contribution in [0.2, 0.25) is 0 Å². The first-order valence-electron chi connectivity index (χ1n) is 7.24. The van der Waals surface area contributed by atoms with Crippen LogP contribution in [0.4, 0.5) is 0 Å². The lowest BCUT2D eigenvalue weighted by Gasteiger charge is -2.18. The van der Waals surface area contributed by atoms with Crippen LogP contribution in [0, 0.1) is 0 Å². The van der Waals surface area contributed by atoms with Gasteiger partial charge in [0.25, 0.3) is 5.91 Å². The minimum atomic E-state index is -0.374. The first-order valence-corrected chi connectivity index (χ1v) is 7.24. The lowest BCUT2D eigenvalue weighted by molar-refractivity contribution is 0.0948. The van der Waals surface area contributed by atoms with Gasteiger partial charge in [-0.15, -0.1) is 0 Å². The number of amides is 1. The predicted octanol–water partition coefficient (Wildman–Crippen LogP) is 1.53. The van der Waals surface area contributed by atoms with E-state index in [0.29, 0.717) is 11.7 Å². The molecule has 2 aromatic rings. The molecule has 0 aromatic carbocycles. The maximum atomic E-state index is 10.7. The third-order valence-electron chi connectivity index (χ3n) is 3.62. The van der Waals surface area contributed by atoms with Gasteiger partial charge in [0.15, 0.2) is 0 Å². The van der Waals surface area contributed by atoms with Gasteiger partial charge in [0.2, 0.25) is 0 Å². The average Bonchev–Trinajstić information content (AvgIpc) is 3.02. The number of likely N-dealkylation sites (tertiary alicyclic amines) is 1. The van der Waals surface area contributed by atoms with E-state index in [4.69, 9.17) is 5.84 Å². The zero-order valence-electron chi connectivity index (χ0n) is 12.6. The van der Waals surface area contributed by atoms with E-state index in [9.17, 15) is 4.79 Å². The number of nitrogens with two attached hydrogens (primary N) is 1. The number of nitrogens with zero attached hydrogens (tertiary/aromatic N) is 3. The number of carbonyl (C=O) groups excluding carboxylic acids is 1. The number of nitrogens with one attached hydrogen (secondary N) is 1. The van der Waals surface area contributed by atoms with Crippen molar-refractivity contribution >= 4 is 5.91 Å². The second-order valence-corrected chi connectivity index (χ2v) is 5.11. The van der Waals surface area contributed by atoms with Gasteiger partial charge in [-0.25, -0.2) is 5.84 Å². The summed E-state index contributed by atoms with van der Waals surface area (Å²) >= 11 is 0. The van der Waals surface area contributed by atoms with Crippen LogP contribution in [0.25, 0.3) is 0 Å². The number of rotatable bonds is 2. The van der Waals surface area contributed by atoms with Crippen LogP contribution in [-0.4, -0.2) is 34.4 Å². The molecular weight excluding hydrogens is 278 g/mol. The molecule has 0 saturated carbocycles. The molecule has 3 heterocycles. The smallest absolute Gasteiger partial charge is 0.283 e. The van der Waals surface area contributed by atoms with Crippen molar-refractivity contribution in [3.8, 4) is 0 Å². The van der Waals surface area contributed by atoms with Crippen LogP contribution >= 0.6 is 0 Å². The van der Waals surface area contributed by atoms with Crippen LogP contribution in [0.5, 0.6) is 0 Å². The molecule has 2 aromatic heterocycles. The summed E-state index contributed by atoms with van der Waals surface area (Å²) in [6.45, 7) is 1.22. The van der Waals surface area contributed by atoms with Crippen LogP contribution in [-0.2, 0) is 0 Å². The lowest BCUT2D eigenvalue weighted by atomic mass is 10.1. The molecule has 3 N–H and O–H groups in total. The summed E-state index contributed by atoms with van der Waals surface area (Å²) in [5, 5.41) is 0. The minimum Gasteiger partial charge on any atom is -0.299 e. The van der Waals surface area contributed by atoms with Gasteiger partial charge in [-0.3, -0.25) is 25.1 Å². The highest BCUT2D eigenvalue weighted by atomic mass is 16.2. The van der Waals surface area contributed by atoms with Gasteiger partial charge in [0.1, 0.15) is 5.69 Å². The first kappa shape index (κ1) is 16.1. The molecule has 22 heavy (non-hydrogen) atoms. The number of pyridine rings is 2. The Bertz CT molecular complexity index is 576. The van der Waals surface area contributed by atoms with Gasteiger partial charge in [-0.05, 0) is 50.2 Å². The zero-order chi connectivity index (χ0) is 15.8. The Morgan fingerprint density at radius 2 is 2.18 bits per heavy atom. The lowest BCUT2D eigenvalue weighted by Crippen LogP contribution is -2.30. The van der Waals surface area contributed by atoms with Gasteiger partial charge < -0.3 is 0 Å². The Morgan fingerprint density at radius 1 is 1.32 bits per heavy atom. The van der Waals surface area contributed by atoms with Gasteiger partial charge in [0.05, 0.1) is 0 Å². The molecule has 6 heteroatoms. The van der Waals surface area contributed by atoms with E-state index >= 15 is 0 Å². The highest BCUT2D eigenvalue weighted by Gasteiger charge is 2.21. The number of hydrazine groups is 1. The van der Waals surface area contributed by atoms with Crippen LogP contribution in [0.15, 0.2) is 48.9 Å². The van der Waals surface area contributed by atoms with Crippen LogP contribution < -0.4 is 11.3 Å². The Balaban J connectivity index is 0.000000164. The molecule has 1 fully saturated rings. The molecule has 3 rings (SSSR count). The summed E-state index contributed by atoms with van der Waals surface area (Å²) in [6.07, 6.45) is 7.94. The van der Waals surface area contributed by atoms with E-state index in [1.54, 1.807) is 18.2 Å². The van der Waals surface area contributed by atoms with Gasteiger partial charge in [0, 0.05) is 24.6 Å². The second-order valence-electron chi connectivity index (χ2n) is 5.11. The van der Waals surface area contributed by atoms with Crippen molar-refractivity contribution in [3.05, 3.63) is 60.2 Å². The normalized spacial score (nSPS) is 17.5. The summed E-state index contributed by atoms with van der Waals surface area (Å²) in [6, 6.07) is 9.83. The van der Waals surface area contributed by atoms with E-state index in [0.717, 1.165) is 0 Å². The second kappa shape index (κ2) is 8.21. The van der Waals surface area contributed by atoms with Crippen molar-refractivity contribution in [1.29, 1.82) is 0 Å². The number of carbonyl (C=O) groups is 1. The van der Waals surface area contributed by atoms with E-state index in [-0.39, 0.29) is 5.91 Å². The molecule has 0 aliphatic carbocycles. The maximum absolute atomic E-state index is 10.7. The molecule has 0 radical (unpaired) electrons. The van der Waals surface area contributed by atoms with Crippen LogP contribution in [0.3, 0.4) is 0 Å². The summed E-state index contributed by atoms with van der Waals surface area (Å²) in [7, 11) is 2.19. The average molecular weight is 299 g/mol. The Morgan fingerprint density at radius 3 is 2.73 bits per heavy atom. The number of nitrogen functional groups attached to an aromatic ring is 1. The van der Waals surface area contributed by atoms with Gasteiger partial charge in [-0.1, -0.05) is 12.1 Å². The van der Waals surface area contributed by atoms with E-state index in [1.165, 1.54) is 31.1 Å². The molecule has 1 aliphatic heterocycles. The molecule has 116 valence electrons. The minimum absolute atomic E-state index is 0.324. The Kier molecular flexibility index (Phi) is 6.00. The van der Waals surface area contributed by atoms with Crippen molar-refractivity contribution in [3.63, 3.8) is 0 Å². The fraction of sp³-hybridized carbons (Fsp3) is 0.312. The van der Waals surface area contributed by atoms with Gasteiger partial charge >= 0.3 is 0 Å². The molecule has 6 nitrogen and oxygen atoms in total. The molecule has 1 saturated heterocycles. The van der Waals surface area contributed by atoms with Crippen molar-refractivity contribution in [1.82, 2.24) is 20.3 Å². The molecule has 0 unspecified atom stereocenters. The third kappa shape index (κ3) is 4.34. The SMILES string of the molecule is CN1CCC[C@H]1c1cccnc1.NNC(=O)c1ccccn1. The number of hydrogen-bond donors (Lipinski definition) is 2. The summed E-state index contributed by atoms with van der Waals surface area (Å²) < 4.78 is 0. The monoisotopic (exact) mass is 299 g/mol. The molecular formula is C16H21N5O. The van der Waals surface area contributed by atoms with Crippen molar-refractivity contribution in [2.45, 2.75) is 18.9 Å². The van der Waals surface area contributed by atoms with Crippen molar-refractivity contribution in [2.75, 3.05) is 13.6 Å². The molecule has 0 bridgehead atoms. The van der Waals surface area contributed by atoms with E-state index in [1.807, 2.05) is 23.9 Å². The highest BCUT2D eigenvalue weighted by Crippen LogP contribution is 2.29. The molecule has 1 atom stereocenters. The Labute approximate surface area is 130 Å². The molecule has 0 spiro atoms. The Hall–Kier alpha value is -2.31. The number of hydrogen-bond acceptors (Lipinski definition) is 5.